The molecule has 21 heavy (non-hydrogen) atoms. The Bertz CT molecular complexity index is 499. The van der Waals surface area contributed by atoms with Crippen LogP contribution in [0.25, 0.3) is 0 Å². The molecule has 1 aliphatic rings. The van der Waals surface area contributed by atoms with Crippen LogP contribution in [-0.2, 0) is 19.1 Å². The first kappa shape index (κ1) is 17.2. The van der Waals surface area contributed by atoms with Crippen molar-refractivity contribution in [3.63, 3.8) is 0 Å². The number of aliphatic hydroxyl groups is 1. The highest BCUT2D eigenvalue weighted by molar-refractivity contribution is 6.25. The summed E-state index contributed by atoms with van der Waals surface area (Å²) >= 11 is 0. The third kappa shape index (κ3) is 4.04. The maximum absolute atomic E-state index is 12.4. The SMILES string of the molecule is CC/C=C/C=C/[C@@]1(C)OC(OC)=C(C(=O)CC(C)O)C1=O. The highest BCUT2D eigenvalue weighted by Crippen LogP contribution is 2.33. The molecule has 1 unspecified atom stereocenters. The molecule has 1 aliphatic heterocycles. The summed E-state index contributed by atoms with van der Waals surface area (Å²) in [7, 11) is 1.34. The summed E-state index contributed by atoms with van der Waals surface area (Å²) in [4.78, 5) is 24.5. The van der Waals surface area contributed by atoms with Crippen molar-refractivity contribution in [3.05, 3.63) is 35.8 Å². The molecule has 1 N–H and O–H groups in total. The van der Waals surface area contributed by atoms with E-state index in [-0.39, 0.29) is 17.9 Å². The molecule has 0 fully saturated rings. The molecule has 1 rings (SSSR count). The van der Waals surface area contributed by atoms with Gasteiger partial charge in [-0.25, -0.2) is 0 Å². The van der Waals surface area contributed by atoms with Crippen LogP contribution in [0.2, 0.25) is 0 Å². The highest BCUT2D eigenvalue weighted by Gasteiger charge is 2.47. The van der Waals surface area contributed by atoms with Crippen LogP contribution in [0, 0.1) is 0 Å². The highest BCUT2D eigenvalue weighted by atomic mass is 16.7. The second-order valence-corrected chi connectivity index (χ2v) is 5.08. The number of aliphatic hydroxyl groups excluding tert-OH is 1. The molecular weight excluding hydrogens is 272 g/mol. The van der Waals surface area contributed by atoms with Crippen LogP contribution in [-0.4, -0.2) is 35.5 Å². The molecule has 5 heteroatoms. The molecule has 1 heterocycles. The third-order valence-electron chi connectivity index (χ3n) is 3.03. The molecule has 0 amide bonds. The van der Waals surface area contributed by atoms with Crippen LogP contribution in [0.4, 0.5) is 0 Å². The molecule has 0 saturated heterocycles. The van der Waals surface area contributed by atoms with E-state index in [0.29, 0.717) is 0 Å². The van der Waals surface area contributed by atoms with Gasteiger partial charge in [-0.3, -0.25) is 9.59 Å². The lowest BCUT2D eigenvalue weighted by Crippen LogP contribution is -2.33. The minimum Gasteiger partial charge on any atom is -0.468 e. The number of carbonyl (C=O) groups is 2. The summed E-state index contributed by atoms with van der Waals surface area (Å²) in [5.74, 6) is -1.02. The maximum Gasteiger partial charge on any atom is 0.295 e. The molecule has 0 spiro atoms. The number of hydrogen-bond acceptors (Lipinski definition) is 5. The number of allylic oxidation sites excluding steroid dienone is 3. The number of ketones is 2. The smallest absolute Gasteiger partial charge is 0.295 e. The van der Waals surface area contributed by atoms with Gasteiger partial charge < -0.3 is 14.6 Å². The number of carbonyl (C=O) groups excluding carboxylic acids is 2. The van der Waals surface area contributed by atoms with Crippen LogP contribution >= 0.6 is 0 Å². The monoisotopic (exact) mass is 294 g/mol. The third-order valence-corrected chi connectivity index (χ3v) is 3.03. The van der Waals surface area contributed by atoms with Gasteiger partial charge in [0.1, 0.15) is 5.57 Å². The second-order valence-electron chi connectivity index (χ2n) is 5.08. The van der Waals surface area contributed by atoms with Gasteiger partial charge in [-0.2, -0.15) is 0 Å². The molecular formula is C16H22O5. The Labute approximate surface area is 124 Å². The Morgan fingerprint density at radius 1 is 1.48 bits per heavy atom. The second kappa shape index (κ2) is 7.22. The van der Waals surface area contributed by atoms with E-state index in [1.807, 2.05) is 19.1 Å². The van der Waals surface area contributed by atoms with Gasteiger partial charge >= 0.3 is 0 Å². The summed E-state index contributed by atoms with van der Waals surface area (Å²) in [5, 5.41) is 9.30. The van der Waals surface area contributed by atoms with Crippen molar-refractivity contribution in [2.75, 3.05) is 7.11 Å². The fourth-order valence-corrected chi connectivity index (χ4v) is 1.95. The lowest BCUT2D eigenvalue weighted by Gasteiger charge is -2.18. The van der Waals surface area contributed by atoms with E-state index >= 15 is 0 Å². The standard InChI is InChI=1S/C16H22O5/c1-5-6-7-8-9-16(3)14(19)13(15(20-4)21-16)12(18)10-11(2)17/h6-9,11,17H,5,10H2,1-4H3/b7-6+,9-8+/t11?,16-/m1/s1. The van der Waals surface area contributed by atoms with Crippen LogP contribution < -0.4 is 0 Å². The Morgan fingerprint density at radius 3 is 2.67 bits per heavy atom. The van der Waals surface area contributed by atoms with Gasteiger partial charge in [-0.05, 0) is 26.3 Å². The van der Waals surface area contributed by atoms with Crippen molar-refractivity contribution >= 4 is 11.6 Å². The summed E-state index contributed by atoms with van der Waals surface area (Å²) in [5.41, 5.74) is -1.38. The first-order chi connectivity index (χ1) is 9.85. The lowest BCUT2D eigenvalue weighted by atomic mass is 9.93. The van der Waals surface area contributed by atoms with Crippen molar-refractivity contribution in [3.8, 4) is 0 Å². The summed E-state index contributed by atoms with van der Waals surface area (Å²) in [6.45, 7) is 5.06. The van der Waals surface area contributed by atoms with Gasteiger partial charge in [0.25, 0.3) is 5.95 Å². The van der Waals surface area contributed by atoms with E-state index in [9.17, 15) is 14.7 Å². The summed E-state index contributed by atoms with van der Waals surface area (Å²) < 4.78 is 10.5. The van der Waals surface area contributed by atoms with Gasteiger partial charge in [-0.1, -0.05) is 25.2 Å². The molecule has 2 atom stereocenters. The van der Waals surface area contributed by atoms with E-state index in [1.165, 1.54) is 14.0 Å². The van der Waals surface area contributed by atoms with Crippen LogP contribution in [0.15, 0.2) is 35.8 Å². The number of ether oxygens (including phenoxy) is 2. The van der Waals surface area contributed by atoms with Gasteiger partial charge in [0.2, 0.25) is 5.78 Å². The molecule has 0 bridgehead atoms. The number of methoxy groups -OCH3 is 1. The average molecular weight is 294 g/mol. The fraction of sp³-hybridized carbons (Fsp3) is 0.500. The van der Waals surface area contributed by atoms with Crippen LogP contribution in [0.1, 0.15) is 33.6 Å². The fourth-order valence-electron chi connectivity index (χ4n) is 1.95. The van der Waals surface area contributed by atoms with Gasteiger partial charge in [0.05, 0.1) is 13.2 Å². The quantitative estimate of drug-likeness (QED) is 0.575. The van der Waals surface area contributed by atoms with Crippen LogP contribution in [0.5, 0.6) is 0 Å². The largest absolute Gasteiger partial charge is 0.468 e. The predicted octanol–water partition coefficient (Wildman–Crippen LogP) is 2.06. The minimum absolute atomic E-state index is 0.0859. The molecule has 0 aromatic heterocycles. The van der Waals surface area contributed by atoms with Crippen LogP contribution in [0.3, 0.4) is 0 Å². The normalized spacial score (nSPS) is 24.0. The molecule has 0 saturated carbocycles. The Kier molecular flexibility index (Phi) is 5.90. The van der Waals surface area contributed by atoms with Gasteiger partial charge in [-0.15, -0.1) is 0 Å². The van der Waals surface area contributed by atoms with Crippen molar-refractivity contribution in [2.45, 2.75) is 45.3 Å². The van der Waals surface area contributed by atoms with Crippen molar-refractivity contribution in [1.82, 2.24) is 0 Å². The topological polar surface area (TPSA) is 72.8 Å². The van der Waals surface area contributed by atoms with Crippen molar-refractivity contribution in [2.24, 2.45) is 0 Å². The van der Waals surface area contributed by atoms with Gasteiger partial charge in [0.15, 0.2) is 11.4 Å². The molecule has 116 valence electrons. The lowest BCUT2D eigenvalue weighted by molar-refractivity contribution is -0.128. The number of rotatable bonds is 7. The van der Waals surface area contributed by atoms with E-state index in [0.717, 1.165) is 6.42 Å². The first-order valence-corrected chi connectivity index (χ1v) is 6.93. The van der Waals surface area contributed by atoms with Gasteiger partial charge in [0, 0.05) is 6.42 Å². The van der Waals surface area contributed by atoms with Crippen molar-refractivity contribution in [1.29, 1.82) is 0 Å². The number of hydrogen-bond donors (Lipinski definition) is 1. The molecule has 0 aromatic carbocycles. The van der Waals surface area contributed by atoms with E-state index in [1.54, 1.807) is 19.1 Å². The summed E-state index contributed by atoms with van der Waals surface area (Å²) in [6.07, 6.45) is 6.95. The predicted molar refractivity (Wildman–Crippen MR) is 78.4 cm³/mol. The zero-order valence-electron chi connectivity index (χ0n) is 12.9. The zero-order valence-corrected chi connectivity index (χ0v) is 12.9. The molecule has 0 radical (unpaired) electrons. The average Bonchev–Trinajstić information content (AvgIpc) is 2.66. The first-order valence-electron chi connectivity index (χ1n) is 6.93. The van der Waals surface area contributed by atoms with Crippen molar-refractivity contribution < 1.29 is 24.2 Å². The Hall–Kier alpha value is -1.88. The molecule has 5 nitrogen and oxygen atoms in total. The van der Waals surface area contributed by atoms with E-state index in [2.05, 4.69) is 0 Å². The summed E-state index contributed by atoms with van der Waals surface area (Å²) in [6, 6.07) is 0. The Balaban J connectivity index is 2.99. The minimum atomic E-state index is -1.26. The zero-order chi connectivity index (χ0) is 16.0. The maximum atomic E-state index is 12.4. The van der Waals surface area contributed by atoms with E-state index in [4.69, 9.17) is 9.47 Å². The molecule has 0 aliphatic carbocycles. The molecule has 0 aromatic rings. The number of Topliss-reactive ketones (excluding diaryl/α,β-unsaturated/α-hetero) is 2. The Morgan fingerprint density at radius 2 is 2.14 bits per heavy atom. The van der Waals surface area contributed by atoms with E-state index < -0.39 is 23.3 Å².